The van der Waals surface area contributed by atoms with E-state index in [1.165, 1.54) is 0 Å². The maximum atomic E-state index is 12.4. The molecule has 0 aliphatic heterocycles. The van der Waals surface area contributed by atoms with Crippen LogP contribution in [0.4, 0.5) is 8.78 Å². The zero-order chi connectivity index (χ0) is 8.48. The van der Waals surface area contributed by atoms with Gasteiger partial charge in [0.25, 0.3) is 11.6 Å². The molecule has 1 rings (SSSR count). The largest absolute Gasteiger partial charge is 0.276 e. The molecule has 0 saturated carbocycles. The van der Waals surface area contributed by atoms with Crippen LogP contribution < -0.4 is 0 Å². The SMILES string of the molecule is O=[N+]([O-])C1=CC=CC(F)(F)C1. The summed E-state index contributed by atoms with van der Waals surface area (Å²) in [5, 5.41) is 10.0. The van der Waals surface area contributed by atoms with Crippen molar-refractivity contribution in [3.05, 3.63) is 34.0 Å². The molecule has 0 spiro atoms. The van der Waals surface area contributed by atoms with Crippen molar-refractivity contribution in [2.75, 3.05) is 0 Å². The minimum atomic E-state index is -3.06. The maximum Gasteiger partial charge on any atom is 0.276 e. The second-order valence-corrected chi connectivity index (χ2v) is 2.21. The van der Waals surface area contributed by atoms with Gasteiger partial charge in [-0.05, 0) is 6.08 Å². The van der Waals surface area contributed by atoms with Crippen LogP contribution in [0.5, 0.6) is 0 Å². The van der Waals surface area contributed by atoms with Gasteiger partial charge in [-0.3, -0.25) is 10.1 Å². The molecule has 3 nitrogen and oxygen atoms in total. The number of allylic oxidation sites excluding steroid dienone is 4. The highest BCUT2D eigenvalue weighted by atomic mass is 19.3. The summed E-state index contributed by atoms with van der Waals surface area (Å²) < 4.78 is 24.8. The summed E-state index contributed by atoms with van der Waals surface area (Å²) in [6.45, 7) is 0. The molecule has 0 aromatic heterocycles. The fraction of sp³-hybridized carbons (Fsp3) is 0.333. The molecular weight excluding hydrogens is 156 g/mol. The summed E-state index contributed by atoms with van der Waals surface area (Å²) in [6, 6.07) is 0. The number of halogens is 2. The molecule has 60 valence electrons. The van der Waals surface area contributed by atoms with Gasteiger partial charge < -0.3 is 0 Å². The molecule has 11 heavy (non-hydrogen) atoms. The molecule has 1 aliphatic carbocycles. The van der Waals surface area contributed by atoms with E-state index in [1.807, 2.05) is 0 Å². The van der Waals surface area contributed by atoms with E-state index in [0.29, 0.717) is 6.08 Å². The van der Waals surface area contributed by atoms with Crippen LogP contribution in [-0.2, 0) is 0 Å². The number of rotatable bonds is 1. The average molecular weight is 161 g/mol. The number of alkyl halides is 2. The summed E-state index contributed by atoms with van der Waals surface area (Å²) in [5.41, 5.74) is -0.447. The minimum absolute atomic E-state index is 0.447. The molecule has 0 aromatic rings. The van der Waals surface area contributed by atoms with E-state index < -0.39 is 23.0 Å². The second-order valence-electron chi connectivity index (χ2n) is 2.21. The van der Waals surface area contributed by atoms with Gasteiger partial charge in [-0.15, -0.1) is 0 Å². The Morgan fingerprint density at radius 1 is 1.64 bits per heavy atom. The van der Waals surface area contributed by atoms with Gasteiger partial charge in [0.05, 0.1) is 4.92 Å². The maximum absolute atomic E-state index is 12.4. The molecule has 0 amide bonds. The van der Waals surface area contributed by atoms with Gasteiger partial charge in [-0.2, -0.15) is 0 Å². The second kappa shape index (κ2) is 2.41. The molecular formula is C6H5F2NO2. The van der Waals surface area contributed by atoms with Crippen molar-refractivity contribution in [3.63, 3.8) is 0 Å². The van der Waals surface area contributed by atoms with Gasteiger partial charge in [-0.25, -0.2) is 8.78 Å². The molecule has 5 heteroatoms. The van der Waals surface area contributed by atoms with Gasteiger partial charge in [0, 0.05) is 6.08 Å². The van der Waals surface area contributed by atoms with Crippen LogP contribution in [0.25, 0.3) is 0 Å². The first-order chi connectivity index (χ1) is 5.01. The third kappa shape index (κ3) is 1.83. The summed E-state index contributed by atoms with van der Waals surface area (Å²) in [5.74, 6) is -3.06. The first kappa shape index (κ1) is 7.84. The lowest BCUT2D eigenvalue weighted by atomic mass is 10.1. The fourth-order valence-corrected chi connectivity index (χ4v) is 0.785. The highest BCUT2D eigenvalue weighted by Gasteiger charge is 2.33. The van der Waals surface area contributed by atoms with E-state index in [0.717, 1.165) is 12.2 Å². The van der Waals surface area contributed by atoms with Crippen molar-refractivity contribution in [2.45, 2.75) is 12.3 Å². The number of hydrogen-bond donors (Lipinski definition) is 0. The number of nitro groups is 1. The Morgan fingerprint density at radius 2 is 2.27 bits per heavy atom. The van der Waals surface area contributed by atoms with Crippen molar-refractivity contribution in [2.24, 2.45) is 0 Å². The summed E-state index contributed by atoms with van der Waals surface area (Å²) in [4.78, 5) is 9.22. The fourth-order valence-electron chi connectivity index (χ4n) is 0.785. The van der Waals surface area contributed by atoms with Crippen LogP contribution in [0, 0.1) is 10.1 Å². The van der Waals surface area contributed by atoms with Crippen molar-refractivity contribution in [1.29, 1.82) is 0 Å². The molecule has 0 fully saturated rings. The van der Waals surface area contributed by atoms with Gasteiger partial charge in [0.1, 0.15) is 6.42 Å². The van der Waals surface area contributed by atoms with Gasteiger partial charge in [0.2, 0.25) is 0 Å². The molecule has 0 unspecified atom stereocenters. The van der Waals surface area contributed by atoms with E-state index in [1.54, 1.807) is 0 Å². The minimum Gasteiger partial charge on any atom is -0.259 e. The predicted molar refractivity (Wildman–Crippen MR) is 33.8 cm³/mol. The number of hydrogen-bond acceptors (Lipinski definition) is 2. The Hall–Kier alpha value is -1.26. The zero-order valence-corrected chi connectivity index (χ0v) is 5.46. The summed E-state index contributed by atoms with van der Waals surface area (Å²) >= 11 is 0. The molecule has 0 N–H and O–H groups in total. The van der Waals surface area contributed by atoms with Crippen LogP contribution in [-0.4, -0.2) is 10.8 Å². The molecule has 1 aliphatic rings. The smallest absolute Gasteiger partial charge is 0.259 e. The highest BCUT2D eigenvalue weighted by Crippen LogP contribution is 2.28. The lowest BCUT2D eigenvalue weighted by Gasteiger charge is -2.11. The molecule has 0 bridgehead atoms. The van der Waals surface area contributed by atoms with Gasteiger partial charge in [0.15, 0.2) is 0 Å². The normalized spacial score (nSPS) is 21.1. The van der Waals surface area contributed by atoms with Crippen LogP contribution >= 0.6 is 0 Å². The quantitative estimate of drug-likeness (QED) is 0.434. The summed E-state index contributed by atoms with van der Waals surface area (Å²) in [7, 11) is 0. The standard InChI is InChI=1S/C6H5F2NO2/c7-6(8)3-1-2-5(4-6)9(10)11/h1-3H,4H2. The molecule has 0 atom stereocenters. The van der Waals surface area contributed by atoms with Crippen molar-refractivity contribution >= 4 is 0 Å². The third-order valence-corrected chi connectivity index (χ3v) is 1.28. The Bertz CT molecular complexity index is 245. The van der Waals surface area contributed by atoms with Crippen molar-refractivity contribution in [1.82, 2.24) is 0 Å². The van der Waals surface area contributed by atoms with E-state index in [4.69, 9.17) is 0 Å². The lowest BCUT2D eigenvalue weighted by Crippen LogP contribution is -2.18. The van der Waals surface area contributed by atoms with E-state index in [2.05, 4.69) is 0 Å². The van der Waals surface area contributed by atoms with Crippen LogP contribution in [0.15, 0.2) is 23.9 Å². The third-order valence-electron chi connectivity index (χ3n) is 1.28. The van der Waals surface area contributed by atoms with E-state index in [9.17, 15) is 18.9 Å². The summed E-state index contributed by atoms with van der Waals surface area (Å²) in [6.07, 6.45) is 1.93. The highest BCUT2D eigenvalue weighted by molar-refractivity contribution is 5.18. The van der Waals surface area contributed by atoms with Crippen molar-refractivity contribution in [3.8, 4) is 0 Å². The topological polar surface area (TPSA) is 43.1 Å². The predicted octanol–water partition coefficient (Wildman–Crippen LogP) is 1.74. The molecule has 0 aromatic carbocycles. The lowest BCUT2D eigenvalue weighted by molar-refractivity contribution is -0.431. The monoisotopic (exact) mass is 161 g/mol. The van der Waals surface area contributed by atoms with Crippen LogP contribution in [0.1, 0.15) is 6.42 Å². The molecule has 0 radical (unpaired) electrons. The van der Waals surface area contributed by atoms with Crippen LogP contribution in [0.3, 0.4) is 0 Å². The number of nitrogens with zero attached hydrogens (tertiary/aromatic N) is 1. The van der Waals surface area contributed by atoms with Gasteiger partial charge in [-0.1, -0.05) is 6.08 Å². The zero-order valence-electron chi connectivity index (χ0n) is 5.46. The van der Waals surface area contributed by atoms with E-state index in [-0.39, 0.29) is 0 Å². The average Bonchev–Trinajstić information content (AvgIpc) is 1.85. The Kier molecular flexibility index (Phi) is 1.72. The van der Waals surface area contributed by atoms with E-state index >= 15 is 0 Å². The first-order valence-corrected chi connectivity index (χ1v) is 2.92. The first-order valence-electron chi connectivity index (χ1n) is 2.92. The van der Waals surface area contributed by atoms with Crippen molar-refractivity contribution < 1.29 is 13.7 Å². The molecule has 0 heterocycles. The molecule has 0 saturated heterocycles. The Balaban J connectivity index is 2.81. The van der Waals surface area contributed by atoms with Gasteiger partial charge >= 0.3 is 0 Å². The Morgan fingerprint density at radius 3 is 2.64 bits per heavy atom. The Labute approximate surface area is 61.2 Å². The van der Waals surface area contributed by atoms with Crippen LogP contribution in [0.2, 0.25) is 0 Å².